The summed E-state index contributed by atoms with van der Waals surface area (Å²) in [5.74, 6) is 0. The Kier molecular flexibility index (Phi) is 2.79. The molecule has 0 aliphatic heterocycles. The van der Waals surface area contributed by atoms with Crippen LogP contribution in [0.5, 0.6) is 0 Å². The average Bonchev–Trinajstić information content (AvgIpc) is 2.89. The molecule has 0 spiro atoms. The molecule has 3 aromatic heterocycles. The van der Waals surface area contributed by atoms with Crippen molar-refractivity contribution in [2.45, 2.75) is 13.5 Å². The molecule has 0 radical (unpaired) electrons. The third-order valence-corrected chi connectivity index (χ3v) is 3.80. The summed E-state index contributed by atoms with van der Waals surface area (Å²) in [6.07, 6.45) is 5.07. The molecular weight excluding hydrogens is 276 g/mol. The molecule has 0 fully saturated rings. The second kappa shape index (κ2) is 4.80. The first-order valence-corrected chi connectivity index (χ1v) is 7.09. The molecule has 0 amide bonds. The van der Waals surface area contributed by atoms with E-state index in [2.05, 4.69) is 15.0 Å². The van der Waals surface area contributed by atoms with Gasteiger partial charge in [-0.1, -0.05) is 18.2 Å². The Bertz CT molecular complexity index is 1030. The van der Waals surface area contributed by atoms with Crippen LogP contribution in [0.15, 0.2) is 53.8 Å². The standard InChI is InChI=1S/C17H14N4O/c1-11-4-5-13-14(7-11)20-16-15(13)19-10-21(17(16)22)9-12-3-2-6-18-8-12/h2-8,10,20H,9H2,1H3. The molecule has 4 rings (SSSR count). The lowest BCUT2D eigenvalue weighted by Gasteiger charge is -2.04. The molecule has 0 aliphatic carbocycles. The number of hydrogen-bond donors (Lipinski definition) is 1. The summed E-state index contributed by atoms with van der Waals surface area (Å²) in [5.41, 5.74) is 4.27. The molecule has 0 saturated heterocycles. The minimum atomic E-state index is -0.0669. The molecule has 3 heterocycles. The second-order valence-electron chi connectivity index (χ2n) is 5.44. The Hall–Kier alpha value is -2.95. The first kappa shape index (κ1) is 12.8. The van der Waals surface area contributed by atoms with E-state index in [9.17, 15) is 4.79 Å². The van der Waals surface area contributed by atoms with E-state index in [1.807, 2.05) is 37.3 Å². The van der Waals surface area contributed by atoms with Gasteiger partial charge in [0.15, 0.2) is 0 Å². The molecule has 0 atom stereocenters. The summed E-state index contributed by atoms with van der Waals surface area (Å²) in [7, 11) is 0. The number of benzene rings is 1. The van der Waals surface area contributed by atoms with E-state index in [1.54, 1.807) is 23.3 Å². The van der Waals surface area contributed by atoms with Gasteiger partial charge in [-0.25, -0.2) is 4.98 Å². The van der Waals surface area contributed by atoms with Gasteiger partial charge in [0.25, 0.3) is 5.56 Å². The van der Waals surface area contributed by atoms with Gasteiger partial charge in [0.2, 0.25) is 0 Å². The maximum Gasteiger partial charge on any atom is 0.277 e. The lowest BCUT2D eigenvalue weighted by molar-refractivity contribution is 0.744. The van der Waals surface area contributed by atoms with Crippen LogP contribution < -0.4 is 5.56 Å². The quantitative estimate of drug-likeness (QED) is 0.617. The van der Waals surface area contributed by atoms with Crippen LogP contribution in [-0.2, 0) is 6.54 Å². The minimum absolute atomic E-state index is 0.0669. The number of aryl methyl sites for hydroxylation is 1. The van der Waals surface area contributed by atoms with E-state index < -0.39 is 0 Å². The zero-order valence-electron chi connectivity index (χ0n) is 12.1. The number of nitrogens with zero attached hydrogens (tertiary/aromatic N) is 3. The minimum Gasteiger partial charge on any atom is -0.349 e. The lowest BCUT2D eigenvalue weighted by Crippen LogP contribution is -2.21. The van der Waals surface area contributed by atoms with Crippen molar-refractivity contribution in [2.24, 2.45) is 0 Å². The lowest BCUT2D eigenvalue weighted by atomic mass is 10.2. The molecule has 5 heteroatoms. The van der Waals surface area contributed by atoms with Gasteiger partial charge in [0.05, 0.1) is 12.9 Å². The van der Waals surface area contributed by atoms with Crippen molar-refractivity contribution in [3.05, 3.63) is 70.5 Å². The van der Waals surface area contributed by atoms with Crippen LogP contribution in [0, 0.1) is 6.92 Å². The van der Waals surface area contributed by atoms with Gasteiger partial charge in [-0.2, -0.15) is 0 Å². The van der Waals surface area contributed by atoms with Gasteiger partial charge in [-0.05, 0) is 30.2 Å². The van der Waals surface area contributed by atoms with E-state index in [-0.39, 0.29) is 5.56 Å². The Labute approximate surface area is 126 Å². The van der Waals surface area contributed by atoms with Crippen molar-refractivity contribution >= 4 is 21.9 Å². The molecule has 4 aromatic rings. The Morgan fingerprint density at radius 1 is 1.27 bits per heavy atom. The molecule has 108 valence electrons. The van der Waals surface area contributed by atoms with Crippen molar-refractivity contribution in [2.75, 3.05) is 0 Å². The fourth-order valence-electron chi connectivity index (χ4n) is 2.71. The number of H-pyrrole nitrogens is 1. The number of aromatic amines is 1. The predicted octanol–water partition coefficient (Wildman–Crippen LogP) is 2.63. The first-order chi connectivity index (χ1) is 10.7. The summed E-state index contributed by atoms with van der Waals surface area (Å²) in [4.78, 5) is 24.4. The van der Waals surface area contributed by atoms with Gasteiger partial charge < -0.3 is 4.98 Å². The smallest absolute Gasteiger partial charge is 0.277 e. The van der Waals surface area contributed by atoms with Crippen molar-refractivity contribution < 1.29 is 0 Å². The molecule has 1 aromatic carbocycles. The molecule has 5 nitrogen and oxygen atoms in total. The van der Waals surface area contributed by atoms with E-state index in [0.29, 0.717) is 12.1 Å². The summed E-state index contributed by atoms with van der Waals surface area (Å²) in [6, 6.07) is 9.86. The van der Waals surface area contributed by atoms with Crippen LogP contribution in [0.2, 0.25) is 0 Å². The molecule has 1 N–H and O–H groups in total. The largest absolute Gasteiger partial charge is 0.349 e. The number of pyridine rings is 1. The van der Waals surface area contributed by atoms with Crippen LogP contribution in [0.4, 0.5) is 0 Å². The molecule has 0 aliphatic rings. The van der Waals surface area contributed by atoms with Gasteiger partial charge >= 0.3 is 0 Å². The van der Waals surface area contributed by atoms with Crippen molar-refractivity contribution in [1.82, 2.24) is 19.5 Å². The Morgan fingerprint density at radius 2 is 2.18 bits per heavy atom. The summed E-state index contributed by atoms with van der Waals surface area (Å²) >= 11 is 0. The van der Waals surface area contributed by atoms with Crippen molar-refractivity contribution in [3.8, 4) is 0 Å². The predicted molar refractivity (Wildman–Crippen MR) is 85.9 cm³/mol. The van der Waals surface area contributed by atoms with Crippen molar-refractivity contribution in [3.63, 3.8) is 0 Å². The van der Waals surface area contributed by atoms with Crippen LogP contribution in [0.3, 0.4) is 0 Å². The SMILES string of the molecule is Cc1ccc2c(c1)[nH]c1c(=O)n(Cc3cccnc3)cnc12. The van der Waals surface area contributed by atoms with Crippen LogP contribution in [-0.4, -0.2) is 19.5 Å². The topological polar surface area (TPSA) is 63.6 Å². The highest BCUT2D eigenvalue weighted by molar-refractivity contribution is 6.04. The highest BCUT2D eigenvalue weighted by atomic mass is 16.1. The van der Waals surface area contributed by atoms with Gasteiger partial charge in [0.1, 0.15) is 11.0 Å². The number of rotatable bonds is 2. The first-order valence-electron chi connectivity index (χ1n) is 7.09. The highest BCUT2D eigenvalue weighted by Crippen LogP contribution is 2.22. The van der Waals surface area contributed by atoms with E-state index in [0.717, 1.165) is 27.5 Å². The fraction of sp³-hybridized carbons (Fsp3) is 0.118. The Balaban J connectivity index is 1.90. The normalized spacial score (nSPS) is 11.3. The molecule has 0 saturated carbocycles. The maximum absolute atomic E-state index is 12.7. The average molecular weight is 290 g/mol. The highest BCUT2D eigenvalue weighted by Gasteiger charge is 2.11. The fourth-order valence-corrected chi connectivity index (χ4v) is 2.71. The van der Waals surface area contributed by atoms with Crippen LogP contribution in [0.1, 0.15) is 11.1 Å². The monoisotopic (exact) mass is 290 g/mol. The third-order valence-electron chi connectivity index (χ3n) is 3.80. The molecular formula is C17H14N4O. The number of fused-ring (bicyclic) bond motifs is 3. The van der Waals surface area contributed by atoms with E-state index in [4.69, 9.17) is 0 Å². The molecule has 22 heavy (non-hydrogen) atoms. The van der Waals surface area contributed by atoms with Gasteiger partial charge in [0, 0.05) is 23.3 Å². The van der Waals surface area contributed by atoms with Crippen molar-refractivity contribution in [1.29, 1.82) is 0 Å². The van der Waals surface area contributed by atoms with Crippen LogP contribution >= 0.6 is 0 Å². The number of aromatic nitrogens is 4. The summed E-state index contributed by atoms with van der Waals surface area (Å²) < 4.78 is 1.60. The third kappa shape index (κ3) is 1.98. The zero-order chi connectivity index (χ0) is 15.1. The van der Waals surface area contributed by atoms with Gasteiger partial charge in [-0.15, -0.1) is 0 Å². The molecule has 0 unspecified atom stereocenters. The van der Waals surface area contributed by atoms with E-state index >= 15 is 0 Å². The second-order valence-corrected chi connectivity index (χ2v) is 5.44. The number of hydrogen-bond acceptors (Lipinski definition) is 3. The van der Waals surface area contributed by atoms with Crippen LogP contribution in [0.25, 0.3) is 21.9 Å². The molecule has 0 bridgehead atoms. The number of nitrogens with one attached hydrogen (secondary N) is 1. The maximum atomic E-state index is 12.7. The summed E-state index contributed by atoms with van der Waals surface area (Å²) in [6.45, 7) is 2.49. The van der Waals surface area contributed by atoms with Gasteiger partial charge in [-0.3, -0.25) is 14.3 Å². The summed E-state index contributed by atoms with van der Waals surface area (Å²) in [5, 5.41) is 0.978. The van der Waals surface area contributed by atoms with E-state index in [1.165, 1.54) is 0 Å². The Morgan fingerprint density at radius 3 is 3.00 bits per heavy atom. The zero-order valence-corrected chi connectivity index (χ0v) is 12.1.